The summed E-state index contributed by atoms with van der Waals surface area (Å²) in [6.07, 6.45) is 9.93. The highest BCUT2D eigenvalue weighted by Crippen LogP contribution is 2.55. The number of anilines is 1. The zero-order valence-corrected chi connectivity index (χ0v) is 24.2. The number of likely N-dealkylation sites (tertiary alicyclic amines) is 2. The van der Waals surface area contributed by atoms with Crippen molar-refractivity contribution in [1.82, 2.24) is 15.1 Å². The number of amides is 3. The highest BCUT2D eigenvalue weighted by Gasteiger charge is 2.72. The number of carbonyl (C=O) groups is 3. The minimum Gasteiger partial charge on any atom is -0.359 e. The number of piperidine rings is 1. The van der Waals surface area contributed by atoms with E-state index >= 15 is 0 Å². The number of hydrogen-bond donors (Lipinski definition) is 2. The van der Waals surface area contributed by atoms with Gasteiger partial charge in [-0.1, -0.05) is 62.9 Å². The third-order valence-corrected chi connectivity index (χ3v) is 10.4. The summed E-state index contributed by atoms with van der Waals surface area (Å²) in [4.78, 5) is 46.1. The maximum atomic E-state index is 14.2. The molecule has 8 nitrogen and oxygen atoms in total. The van der Waals surface area contributed by atoms with Gasteiger partial charge in [-0.15, -0.1) is 0 Å². The molecule has 40 heavy (non-hydrogen) atoms. The molecule has 216 valence electrons. The van der Waals surface area contributed by atoms with Crippen molar-refractivity contribution in [1.29, 1.82) is 0 Å². The Hall–Kier alpha value is -2.42. The smallest absolute Gasteiger partial charge is 0.246 e. The lowest BCUT2D eigenvalue weighted by Crippen LogP contribution is -2.58. The first-order valence-electron chi connectivity index (χ1n) is 15.1. The van der Waals surface area contributed by atoms with Crippen LogP contribution in [0.4, 0.5) is 5.69 Å². The normalized spacial score (nSPS) is 37.0. The van der Waals surface area contributed by atoms with Crippen LogP contribution in [0.2, 0.25) is 5.02 Å². The number of fused-ring (bicyclic) bond motifs is 1. The van der Waals surface area contributed by atoms with Gasteiger partial charge >= 0.3 is 0 Å². The number of halogens is 1. The van der Waals surface area contributed by atoms with E-state index in [1.54, 1.807) is 29.2 Å². The lowest BCUT2D eigenvalue weighted by Gasteiger charge is -2.38. The average Bonchev–Trinajstić information content (AvgIpc) is 3.58. The van der Waals surface area contributed by atoms with Crippen molar-refractivity contribution >= 4 is 35.0 Å². The maximum absolute atomic E-state index is 14.2. The van der Waals surface area contributed by atoms with E-state index in [-0.39, 0.29) is 23.8 Å². The number of benzene rings is 1. The number of nitrogens with one attached hydrogen (secondary N) is 2. The standard InChI is InChI=1S/C31H41ClN4O4/c1-19-8-6-11-23(20(19)2)34-29(38)27-31-13-12-24(40-31)25(28(37)33-22-10-7-9-21(32)18-22)26(31)30(39)36(27)17-16-35-14-4-3-5-15-35/h7,9-10,12-13,18-20,23-27H,3-6,8,11,14-17H2,1-2H3,(H,33,37)(H,34,38)/t19-,20-,23+,24+,25+,26+,27+,31+/m1/s1. The third-order valence-electron chi connectivity index (χ3n) is 10.2. The van der Waals surface area contributed by atoms with E-state index < -0.39 is 29.6 Å². The van der Waals surface area contributed by atoms with Crippen molar-refractivity contribution in [2.75, 3.05) is 31.5 Å². The van der Waals surface area contributed by atoms with Crippen LogP contribution in [0.1, 0.15) is 52.4 Å². The van der Waals surface area contributed by atoms with Crippen LogP contribution in [0.5, 0.6) is 0 Å². The number of carbonyl (C=O) groups excluding carboxylic acids is 3. The van der Waals surface area contributed by atoms with E-state index in [1.165, 1.54) is 12.8 Å². The van der Waals surface area contributed by atoms with Gasteiger partial charge in [-0.3, -0.25) is 14.4 Å². The molecule has 4 heterocycles. The van der Waals surface area contributed by atoms with Crippen LogP contribution >= 0.6 is 11.6 Å². The van der Waals surface area contributed by atoms with Crippen molar-refractivity contribution in [3.63, 3.8) is 0 Å². The van der Waals surface area contributed by atoms with Crippen LogP contribution in [0, 0.1) is 23.7 Å². The van der Waals surface area contributed by atoms with Gasteiger partial charge in [0.25, 0.3) is 0 Å². The molecule has 2 N–H and O–H groups in total. The molecule has 1 aromatic rings. The zero-order chi connectivity index (χ0) is 28.0. The number of hydrogen-bond acceptors (Lipinski definition) is 5. The van der Waals surface area contributed by atoms with Crippen LogP contribution in [-0.2, 0) is 19.1 Å². The van der Waals surface area contributed by atoms with E-state index in [1.807, 2.05) is 12.2 Å². The van der Waals surface area contributed by atoms with Gasteiger partial charge in [-0.05, 0) is 62.4 Å². The molecule has 4 fully saturated rings. The molecule has 1 aromatic carbocycles. The molecule has 2 bridgehead atoms. The fourth-order valence-corrected chi connectivity index (χ4v) is 7.97. The molecule has 4 aliphatic heterocycles. The maximum Gasteiger partial charge on any atom is 0.246 e. The van der Waals surface area contributed by atoms with Crippen molar-refractivity contribution < 1.29 is 19.1 Å². The summed E-state index contributed by atoms with van der Waals surface area (Å²) in [5.41, 5.74) is -0.575. The number of rotatable bonds is 7. The Morgan fingerprint density at radius 2 is 1.88 bits per heavy atom. The SMILES string of the molecule is C[C@@H]1[C@H](C)CCC[C@@H]1NC(=O)[C@@H]1N(CCN2CCCCC2)C(=O)[C@@H]2[C@@H](C(=O)Nc3cccc(Cl)c3)[C@@H]3C=C[C@]21O3. The summed E-state index contributed by atoms with van der Waals surface area (Å²) in [6.45, 7) is 7.62. The van der Waals surface area contributed by atoms with Crippen molar-refractivity contribution in [2.45, 2.75) is 76.2 Å². The van der Waals surface area contributed by atoms with Crippen molar-refractivity contribution in [2.24, 2.45) is 23.7 Å². The summed E-state index contributed by atoms with van der Waals surface area (Å²) in [7, 11) is 0. The monoisotopic (exact) mass is 568 g/mol. The van der Waals surface area contributed by atoms with E-state index in [0.29, 0.717) is 35.6 Å². The van der Waals surface area contributed by atoms with Crippen LogP contribution in [-0.4, -0.2) is 77.5 Å². The second-order valence-electron chi connectivity index (χ2n) is 12.5. The van der Waals surface area contributed by atoms with Gasteiger partial charge in [0.2, 0.25) is 17.7 Å². The lowest BCUT2D eigenvalue weighted by atomic mass is 9.73. The van der Waals surface area contributed by atoms with Gasteiger partial charge in [0, 0.05) is 29.8 Å². The first-order valence-corrected chi connectivity index (χ1v) is 15.4. The Balaban J connectivity index is 1.27. The fourth-order valence-electron chi connectivity index (χ4n) is 7.78. The molecule has 3 saturated heterocycles. The fraction of sp³-hybridized carbons (Fsp3) is 0.645. The van der Waals surface area contributed by atoms with Gasteiger partial charge in [0.1, 0.15) is 11.6 Å². The Morgan fingerprint density at radius 3 is 2.65 bits per heavy atom. The largest absolute Gasteiger partial charge is 0.359 e. The molecule has 9 heteroatoms. The van der Waals surface area contributed by atoms with Gasteiger partial charge in [0.15, 0.2) is 0 Å². The summed E-state index contributed by atoms with van der Waals surface area (Å²) in [6, 6.07) is 6.23. The highest BCUT2D eigenvalue weighted by atomic mass is 35.5. The van der Waals surface area contributed by atoms with E-state index in [9.17, 15) is 14.4 Å². The number of nitrogens with zero attached hydrogens (tertiary/aromatic N) is 2. The summed E-state index contributed by atoms with van der Waals surface area (Å²) in [5.74, 6) is -1.20. The van der Waals surface area contributed by atoms with Crippen LogP contribution < -0.4 is 10.6 Å². The van der Waals surface area contributed by atoms with Crippen LogP contribution in [0.15, 0.2) is 36.4 Å². The third kappa shape index (κ3) is 4.86. The van der Waals surface area contributed by atoms with E-state index in [4.69, 9.17) is 16.3 Å². The summed E-state index contributed by atoms with van der Waals surface area (Å²) < 4.78 is 6.51. The number of ether oxygens (including phenoxy) is 1. The Bertz CT molecular complexity index is 1190. The Morgan fingerprint density at radius 1 is 1.07 bits per heavy atom. The molecular formula is C31H41ClN4O4. The molecule has 1 aliphatic carbocycles. The Labute approximate surface area is 241 Å². The second kappa shape index (κ2) is 11.1. The first kappa shape index (κ1) is 27.7. The molecule has 8 atom stereocenters. The minimum atomic E-state index is -1.15. The molecule has 5 aliphatic rings. The lowest BCUT2D eigenvalue weighted by molar-refractivity contribution is -0.142. The highest BCUT2D eigenvalue weighted by molar-refractivity contribution is 6.30. The quantitative estimate of drug-likeness (QED) is 0.488. The molecule has 0 aromatic heterocycles. The predicted octanol–water partition coefficient (Wildman–Crippen LogP) is 3.86. The molecule has 1 spiro atoms. The zero-order valence-electron chi connectivity index (χ0n) is 23.5. The van der Waals surface area contributed by atoms with Gasteiger partial charge in [-0.25, -0.2) is 0 Å². The minimum absolute atomic E-state index is 0.0650. The van der Waals surface area contributed by atoms with Gasteiger partial charge in [0.05, 0.1) is 17.9 Å². The van der Waals surface area contributed by atoms with Crippen LogP contribution in [0.3, 0.4) is 0 Å². The predicted molar refractivity (Wildman–Crippen MR) is 154 cm³/mol. The summed E-state index contributed by atoms with van der Waals surface area (Å²) in [5, 5.41) is 6.79. The van der Waals surface area contributed by atoms with Gasteiger partial charge in [-0.2, -0.15) is 0 Å². The van der Waals surface area contributed by atoms with E-state index in [2.05, 4.69) is 29.4 Å². The Kier molecular flexibility index (Phi) is 7.70. The molecular weight excluding hydrogens is 528 g/mol. The average molecular weight is 569 g/mol. The molecule has 0 radical (unpaired) electrons. The first-order chi connectivity index (χ1) is 19.3. The molecule has 1 saturated carbocycles. The van der Waals surface area contributed by atoms with E-state index in [0.717, 1.165) is 38.8 Å². The molecule has 3 amide bonds. The van der Waals surface area contributed by atoms with Crippen molar-refractivity contribution in [3.05, 3.63) is 41.4 Å². The molecule has 0 unspecified atom stereocenters. The topological polar surface area (TPSA) is 91.0 Å². The molecule has 6 rings (SSSR count). The second-order valence-corrected chi connectivity index (χ2v) is 13.0. The van der Waals surface area contributed by atoms with Crippen molar-refractivity contribution in [3.8, 4) is 0 Å². The van der Waals surface area contributed by atoms with Crippen LogP contribution in [0.25, 0.3) is 0 Å². The summed E-state index contributed by atoms with van der Waals surface area (Å²) >= 11 is 6.14. The van der Waals surface area contributed by atoms with Gasteiger partial charge < -0.3 is 25.2 Å².